The number of carbonyl (C=O) groups excluding carboxylic acids is 1. The van der Waals surface area contributed by atoms with E-state index < -0.39 is 21.2 Å². The lowest BCUT2D eigenvalue weighted by molar-refractivity contribution is -0.153. The van der Waals surface area contributed by atoms with Crippen molar-refractivity contribution in [1.82, 2.24) is 5.32 Å². The molecule has 1 aliphatic heterocycles. The van der Waals surface area contributed by atoms with Gasteiger partial charge in [0.2, 0.25) is 5.91 Å². The summed E-state index contributed by atoms with van der Waals surface area (Å²) in [4.78, 5) is 23.1. The van der Waals surface area contributed by atoms with Gasteiger partial charge < -0.3 is 10.4 Å². The maximum absolute atomic E-state index is 11.9. The fourth-order valence-corrected chi connectivity index (χ4v) is 4.08. The molecule has 0 saturated carbocycles. The minimum atomic E-state index is -2.95. The molecule has 2 N–H and O–H groups in total. The third kappa shape index (κ3) is 4.19. The number of sulfone groups is 1. The van der Waals surface area contributed by atoms with Crippen LogP contribution >= 0.6 is 0 Å². The van der Waals surface area contributed by atoms with E-state index in [-0.39, 0.29) is 35.7 Å². The summed E-state index contributed by atoms with van der Waals surface area (Å²) in [6, 6.07) is 0. The van der Waals surface area contributed by atoms with Crippen molar-refractivity contribution >= 4 is 21.7 Å². The van der Waals surface area contributed by atoms with Crippen LogP contribution in [0.3, 0.4) is 0 Å². The van der Waals surface area contributed by atoms with Gasteiger partial charge in [-0.05, 0) is 25.2 Å². The molecule has 1 amide bonds. The summed E-state index contributed by atoms with van der Waals surface area (Å²) in [6.45, 7) is 5.39. The Morgan fingerprint density at radius 3 is 2.40 bits per heavy atom. The second-order valence-electron chi connectivity index (χ2n) is 6.13. The molecule has 1 fully saturated rings. The highest BCUT2D eigenvalue weighted by atomic mass is 32.2. The molecule has 1 aliphatic rings. The predicted octanol–water partition coefficient (Wildman–Crippen LogP) is 0.674. The number of carbonyl (C=O) groups is 2. The zero-order valence-corrected chi connectivity index (χ0v) is 13.0. The number of hydrogen-bond acceptors (Lipinski definition) is 4. The Bertz CT molecular complexity index is 485. The number of nitrogens with one attached hydrogen (secondary N) is 1. The van der Waals surface area contributed by atoms with Crippen LogP contribution in [0.2, 0.25) is 0 Å². The molecule has 0 aliphatic carbocycles. The quantitative estimate of drug-likeness (QED) is 0.751. The largest absolute Gasteiger partial charge is 0.481 e. The molecule has 2 atom stereocenters. The van der Waals surface area contributed by atoms with E-state index in [0.29, 0.717) is 13.0 Å². The summed E-state index contributed by atoms with van der Waals surface area (Å²) in [5.74, 6) is -1.28. The van der Waals surface area contributed by atoms with Gasteiger partial charge in [0.25, 0.3) is 0 Å². The zero-order valence-electron chi connectivity index (χ0n) is 12.2. The number of hydrogen-bond donors (Lipinski definition) is 2. The average molecular weight is 305 g/mol. The monoisotopic (exact) mass is 305 g/mol. The molecule has 0 bridgehead atoms. The van der Waals surface area contributed by atoms with Gasteiger partial charge in [-0.1, -0.05) is 13.8 Å². The Kier molecular flexibility index (Phi) is 5.18. The van der Waals surface area contributed by atoms with Crippen LogP contribution in [-0.4, -0.2) is 43.5 Å². The number of carboxylic acid groups (broad SMARTS) is 1. The van der Waals surface area contributed by atoms with E-state index in [4.69, 9.17) is 0 Å². The van der Waals surface area contributed by atoms with Gasteiger partial charge in [-0.3, -0.25) is 9.59 Å². The molecule has 116 valence electrons. The highest BCUT2D eigenvalue weighted by Crippen LogP contribution is 2.31. The first-order valence-electron chi connectivity index (χ1n) is 6.77. The Balaban J connectivity index is 2.50. The third-order valence-electron chi connectivity index (χ3n) is 4.21. The molecule has 0 radical (unpaired) electrons. The van der Waals surface area contributed by atoms with Crippen molar-refractivity contribution in [2.45, 2.75) is 33.6 Å². The molecular formula is C13H23NO5S. The van der Waals surface area contributed by atoms with E-state index in [1.165, 1.54) is 0 Å². The van der Waals surface area contributed by atoms with Crippen LogP contribution in [0.4, 0.5) is 0 Å². The smallest absolute Gasteiger partial charge is 0.310 e. The lowest BCUT2D eigenvalue weighted by atomic mass is 9.76. The number of amides is 1. The Morgan fingerprint density at radius 1 is 1.40 bits per heavy atom. The van der Waals surface area contributed by atoms with Crippen LogP contribution < -0.4 is 5.32 Å². The summed E-state index contributed by atoms with van der Waals surface area (Å²) in [5, 5.41) is 11.9. The highest BCUT2D eigenvalue weighted by Gasteiger charge is 2.39. The molecule has 0 spiro atoms. The summed E-state index contributed by atoms with van der Waals surface area (Å²) in [6.07, 6.45) is 0.461. The van der Waals surface area contributed by atoms with Crippen LogP contribution in [0, 0.1) is 17.3 Å². The van der Waals surface area contributed by atoms with Crippen LogP contribution in [0.25, 0.3) is 0 Å². The summed E-state index contributed by atoms with van der Waals surface area (Å²) in [7, 11) is -2.95. The van der Waals surface area contributed by atoms with Crippen molar-refractivity contribution in [3.05, 3.63) is 0 Å². The molecule has 0 aromatic heterocycles. The van der Waals surface area contributed by atoms with Gasteiger partial charge in [-0.25, -0.2) is 8.42 Å². The molecule has 6 nitrogen and oxygen atoms in total. The molecule has 1 saturated heterocycles. The summed E-state index contributed by atoms with van der Waals surface area (Å²) in [5.41, 5.74) is -1.11. The van der Waals surface area contributed by atoms with Crippen molar-refractivity contribution in [3.63, 3.8) is 0 Å². The first-order chi connectivity index (χ1) is 9.07. The van der Waals surface area contributed by atoms with Gasteiger partial charge >= 0.3 is 5.97 Å². The van der Waals surface area contributed by atoms with Gasteiger partial charge in [-0.2, -0.15) is 0 Å². The maximum atomic E-state index is 11.9. The zero-order chi connectivity index (χ0) is 15.6. The Morgan fingerprint density at radius 2 is 2.00 bits per heavy atom. The second kappa shape index (κ2) is 6.11. The fourth-order valence-electron chi connectivity index (χ4n) is 2.21. The van der Waals surface area contributed by atoms with Crippen LogP contribution in [0.5, 0.6) is 0 Å². The van der Waals surface area contributed by atoms with E-state index in [2.05, 4.69) is 5.32 Å². The maximum Gasteiger partial charge on any atom is 0.310 e. The van der Waals surface area contributed by atoms with Crippen LogP contribution in [0.15, 0.2) is 0 Å². The molecule has 0 aromatic rings. The summed E-state index contributed by atoms with van der Waals surface area (Å²) >= 11 is 0. The molecule has 2 unspecified atom stereocenters. The van der Waals surface area contributed by atoms with Crippen molar-refractivity contribution in [1.29, 1.82) is 0 Å². The molecule has 0 aromatic carbocycles. The highest BCUT2D eigenvalue weighted by molar-refractivity contribution is 7.91. The topological polar surface area (TPSA) is 101 Å². The van der Waals surface area contributed by atoms with E-state index in [1.54, 1.807) is 20.8 Å². The minimum Gasteiger partial charge on any atom is -0.481 e. The van der Waals surface area contributed by atoms with E-state index in [1.807, 2.05) is 0 Å². The van der Waals surface area contributed by atoms with Crippen LogP contribution in [-0.2, 0) is 19.4 Å². The van der Waals surface area contributed by atoms with E-state index >= 15 is 0 Å². The van der Waals surface area contributed by atoms with Gasteiger partial charge in [-0.15, -0.1) is 0 Å². The average Bonchev–Trinajstić information content (AvgIpc) is 2.65. The minimum absolute atomic E-state index is 0.0564. The second-order valence-corrected chi connectivity index (χ2v) is 8.36. The first-order valence-corrected chi connectivity index (χ1v) is 8.59. The van der Waals surface area contributed by atoms with Crippen molar-refractivity contribution in [2.75, 3.05) is 18.1 Å². The number of rotatable bonds is 6. The normalized spacial score (nSPS) is 24.3. The van der Waals surface area contributed by atoms with Gasteiger partial charge in [0.15, 0.2) is 9.84 Å². The molecule has 20 heavy (non-hydrogen) atoms. The standard InChI is InChI=1S/C13H23NO5S/c1-9(2)13(3,12(16)17)6-11(15)14-7-10-4-5-20(18,19)8-10/h9-10H,4-8H2,1-3H3,(H,14,15)(H,16,17). The van der Waals surface area contributed by atoms with Gasteiger partial charge in [0.1, 0.15) is 0 Å². The third-order valence-corrected chi connectivity index (χ3v) is 6.04. The van der Waals surface area contributed by atoms with Crippen molar-refractivity contribution in [2.24, 2.45) is 17.3 Å². The number of aliphatic carboxylic acids is 1. The van der Waals surface area contributed by atoms with Crippen molar-refractivity contribution < 1.29 is 23.1 Å². The number of carboxylic acids is 1. The van der Waals surface area contributed by atoms with Gasteiger partial charge in [0.05, 0.1) is 16.9 Å². The predicted molar refractivity (Wildman–Crippen MR) is 75.0 cm³/mol. The lowest BCUT2D eigenvalue weighted by Gasteiger charge is -2.28. The molecule has 1 rings (SSSR count). The Labute approximate surface area is 119 Å². The lowest BCUT2D eigenvalue weighted by Crippen LogP contribution is -2.40. The van der Waals surface area contributed by atoms with Gasteiger partial charge in [0, 0.05) is 13.0 Å². The molecule has 7 heteroatoms. The van der Waals surface area contributed by atoms with E-state index in [9.17, 15) is 23.1 Å². The molecular weight excluding hydrogens is 282 g/mol. The first kappa shape index (κ1) is 16.9. The molecule has 1 heterocycles. The van der Waals surface area contributed by atoms with E-state index in [0.717, 1.165) is 0 Å². The SMILES string of the molecule is CC(C)C(C)(CC(=O)NCC1CCS(=O)(=O)C1)C(=O)O. The summed E-state index contributed by atoms with van der Waals surface area (Å²) < 4.78 is 22.6. The Hall–Kier alpha value is -1.11. The van der Waals surface area contributed by atoms with Crippen molar-refractivity contribution in [3.8, 4) is 0 Å². The van der Waals surface area contributed by atoms with Crippen LogP contribution in [0.1, 0.15) is 33.6 Å². The fraction of sp³-hybridized carbons (Fsp3) is 0.846.